The number of aromatic nitrogens is 2. The molecule has 1 N–H and O–H groups in total. The van der Waals surface area contributed by atoms with Crippen LogP contribution in [0.4, 0.5) is 17.1 Å². The maximum absolute atomic E-state index is 11.4. The van der Waals surface area contributed by atoms with Crippen molar-refractivity contribution in [1.29, 1.82) is 0 Å². The number of hydrogen-bond acceptors (Lipinski definition) is 6. The molecule has 0 spiro atoms. The van der Waals surface area contributed by atoms with Crippen molar-refractivity contribution in [2.75, 3.05) is 12.4 Å². The normalized spacial score (nSPS) is 10.5. The van der Waals surface area contributed by atoms with Crippen molar-refractivity contribution in [3.8, 4) is 5.88 Å². The average molecular weight is 308 g/mol. The number of nitrogens with zero attached hydrogens (tertiary/aromatic N) is 3. The van der Waals surface area contributed by atoms with Crippen LogP contribution in [0.2, 0.25) is 0 Å². The summed E-state index contributed by atoms with van der Waals surface area (Å²) in [6.45, 7) is 0. The van der Waals surface area contributed by atoms with E-state index in [1.54, 1.807) is 18.3 Å². The predicted molar refractivity (Wildman–Crippen MR) is 90.6 cm³/mol. The molecule has 3 rings (SSSR count). The number of fused-ring (bicyclic) bond motifs is 1. The lowest BCUT2D eigenvalue weighted by Crippen LogP contribution is -2.05. The lowest BCUT2D eigenvalue weighted by molar-refractivity contribution is -0.384. The third-order valence-electron chi connectivity index (χ3n) is 3.42. The third-order valence-corrected chi connectivity index (χ3v) is 3.42. The van der Waals surface area contributed by atoms with Gasteiger partial charge < -0.3 is 10.1 Å². The molecule has 0 amide bonds. The van der Waals surface area contributed by atoms with Crippen LogP contribution < -0.4 is 15.5 Å². The standard InChI is InChI=1S/C15H13BN4O3/c1-23-15-12(3-2-6-17-15)19-14-10-7-9(16)4-5-11(10)18-8-13(14)20(21)22/h2-8H,16H2,1H3,(H,18,19). The van der Waals surface area contributed by atoms with Crippen LogP contribution >= 0.6 is 0 Å². The molecule has 114 valence electrons. The second kappa shape index (κ2) is 5.92. The first-order chi connectivity index (χ1) is 11.1. The smallest absolute Gasteiger partial charge is 0.311 e. The van der Waals surface area contributed by atoms with E-state index in [0.717, 1.165) is 5.46 Å². The second-order valence-corrected chi connectivity index (χ2v) is 4.98. The quantitative estimate of drug-likeness (QED) is 0.447. The molecule has 0 bridgehead atoms. The summed E-state index contributed by atoms with van der Waals surface area (Å²) in [4.78, 5) is 19.2. The zero-order chi connectivity index (χ0) is 16.4. The SMILES string of the molecule is Bc1ccc2ncc([N+](=O)[O-])c(Nc3cccnc3OC)c2c1. The van der Waals surface area contributed by atoms with Gasteiger partial charge in [-0.15, -0.1) is 0 Å². The van der Waals surface area contributed by atoms with Gasteiger partial charge in [-0.3, -0.25) is 10.1 Å². The number of methoxy groups -OCH3 is 1. The largest absolute Gasteiger partial charge is 0.480 e. The Morgan fingerprint density at radius 2 is 2.13 bits per heavy atom. The Morgan fingerprint density at radius 1 is 1.30 bits per heavy atom. The minimum absolute atomic E-state index is 0.103. The summed E-state index contributed by atoms with van der Waals surface area (Å²) in [5.41, 5.74) is 2.48. The van der Waals surface area contributed by atoms with Crippen molar-refractivity contribution >= 4 is 41.3 Å². The number of ether oxygens (including phenoxy) is 1. The molecule has 0 saturated heterocycles. The molecule has 0 aliphatic rings. The van der Waals surface area contributed by atoms with Gasteiger partial charge in [0.1, 0.15) is 25.4 Å². The van der Waals surface area contributed by atoms with E-state index in [4.69, 9.17) is 4.74 Å². The van der Waals surface area contributed by atoms with E-state index in [1.165, 1.54) is 13.3 Å². The Balaban J connectivity index is 2.23. The van der Waals surface area contributed by atoms with Gasteiger partial charge in [-0.05, 0) is 18.2 Å². The molecule has 0 fully saturated rings. The van der Waals surface area contributed by atoms with Crippen LogP contribution in [0.25, 0.3) is 10.9 Å². The Bertz CT molecular complexity index is 901. The van der Waals surface area contributed by atoms with E-state index in [2.05, 4.69) is 15.3 Å². The lowest BCUT2D eigenvalue weighted by atomic mass is 9.94. The predicted octanol–water partition coefficient (Wildman–Crippen LogP) is 1.55. The lowest BCUT2D eigenvalue weighted by Gasteiger charge is -2.12. The van der Waals surface area contributed by atoms with Gasteiger partial charge >= 0.3 is 5.69 Å². The number of benzene rings is 1. The Hall–Kier alpha value is -3.16. The molecule has 1 aromatic carbocycles. The molecule has 0 radical (unpaired) electrons. The molecule has 0 unspecified atom stereocenters. The monoisotopic (exact) mass is 308 g/mol. The second-order valence-electron chi connectivity index (χ2n) is 4.98. The fourth-order valence-corrected chi connectivity index (χ4v) is 2.35. The minimum Gasteiger partial charge on any atom is -0.480 e. The van der Waals surface area contributed by atoms with Crippen LogP contribution in [0.3, 0.4) is 0 Å². The van der Waals surface area contributed by atoms with Gasteiger partial charge in [0.25, 0.3) is 0 Å². The van der Waals surface area contributed by atoms with Crippen LogP contribution in [0.1, 0.15) is 0 Å². The van der Waals surface area contributed by atoms with Crippen LogP contribution in [-0.4, -0.2) is 29.8 Å². The van der Waals surface area contributed by atoms with Crippen molar-refractivity contribution in [3.05, 3.63) is 52.8 Å². The van der Waals surface area contributed by atoms with Gasteiger partial charge in [-0.1, -0.05) is 17.6 Å². The zero-order valence-corrected chi connectivity index (χ0v) is 12.6. The molecule has 2 heterocycles. The summed E-state index contributed by atoms with van der Waals surface area (Å²) in [5, 5.41) is 15.1. The summed E-state index contributed by atoms with van der Waals surface area (Å²) >= 11 is 0. The zero-order valence-electron chi connectivity index (χ0n) is 12.6. The molecule has 7 nitrogen and oxygen atoms in total. The number of pyridine rings is 2. The van der Waals surface area contributed by atoms with Crippen LogP contribution in [-0.2, 0) is 0 Å². The molecular weight excluding hydrogens is 295 g/mol. The highest BCUT2D eigenvalue weighted by atomic mass is 16.6. The highest BCUT2D eigenvalue weighted by Crippen LogP contribution is 2.35. The molecule has 0 aliphatic carbocycles. The molecule has 0 saturated carbocycles. The first-order valence-corrected chi connectivity index (χ1v) is 6.90. The number of nitro groups is 1. The van der Waals surface area contributed by atoms with Gasteiger partial charge in [0.05, 0.1) is 17.5 Å². The van der Waals surface area contributed by atoms with Crippen LogP contribution in [0, 0.1) is 10.1 Å². The third kappa shape index (κ3) is 2.78. The molecule has 8 heteroatoms. The number of anilines is 2. The van der Waals surface area contributed by atoms with Gasteiger partial charge in [-0.2, -0.15) is 0 Å². The minimum atomic E-state index is -0.458. The van der Waals surface area contributed by atoms with E-state index in [0.29, 0.717) is 28.2 Å². The molecule has 2 aromatic heterocycles. The maximum atomic E-state index is 11.4. The Labute approximate surface area is 132 Å². The van der Waals surface area contributed by atoms with Gasteiger partial charge in [-0.25, -0.2) is 9.97 Å². The highest BCUT2D eigenvalue weighted by Gasteiger charge is 2.19. The van der Waals surface area contributed by atoms with Crippen molar-refractivity contribution in [2.24, 2.45) is 0 Å². The molecule has 0 atom stereocenters. The van der Waals surface area contributed by atoms with Crippen molar-refractivity contribution in [2.45, 2.75) is 0 Å². The van der Waals surface area contributed by atoms with Crippen LogP contribution in [0.15, 0.2) is 42.7 Å². The fraction of sp³-hybridized carbons (Fsp3) is 0.0667. The molecular formula is C15H13BN4O3. The Kier molecular flexibility index (Phi) is 3.80. The molecule has 0 aliphatic heterocycles. The van der Waals surface area contributed by atoms with Gasteiger partial charge in [0.15, 0.2) is 0 Å². The first kappa shape index (κ1) is 14.8. The average Bonchev–Trinajstić information content (AvgIpc) is 2.55. The van der Waals surface area contributed by atoms with Crippen LogP contribution in [0.5, 0.6) is 5.88 Å². The summed E-state index contributed by atoms with van der Waals surface area (Å²) in [5.74, 6) is 0.361. The summed E-state index contributed by atoms with van der Waals surface area (Å²) < 4.78 is 5.19. The van der Waals surface area contributed by atoms with Gasteiger partial charge in [0, 0.05) is 11.6 Å². The van der Waals surface area contributed by atoms with Crippen molar-refractivity contribution < 1.29 is 9.66 Å². The van der Waals surface area contributed by atoms with Crippen molar-refractivity contribution in [1.82, 2.24) is 9.97 Å². The highest BCUT2D eigenvalue weighted by molar-refractivity contribution is 6.33. The van der Waals surface area contributed by atoms with E-state index < -0.39 is 4.92 Å². The summed E-state index contributed by atoms with van der Waals surface area (Å²) in [6, 6.07) is 9.08. The fourth-order valence-electron chi connectivity index (χ4n) is 2.35. The summed E-state index contributed by atoms with van der Waals surface area (Å²) in [7, 11) is 3.42. The maximum Gasteiger partial charge on any atom is 0.311 e. The van der Waals surface area contributed by atoms with Gasteiger partial charge in [0.2, 0.25) is 5.88 Å². The first-order valence-electron chi connectivity index (χ1n) is 6.90. The number of nitrogens with one attached hydrogen (secondary N) is 1. The van der Waals surface area contributed by atoms with E-state index >= 15 is 0 Å². The van der Waals surface area contributed by atoms with E-state index in [9.17, 15) is 10.1 Å². The Morgan fingerprint density at radius 3 is 2.87 bits per heavy atom. The van der Waals surface area contributed by atoms with E-state index in [-0.39, 0.29) is 5.69 Å². The summed E-state index contributed by atoms with van der Waals surface area (Å²) in [6.07, 6.45) is 2.84. The topological polar surface area (TPSA) is 90.2 Å². The van der Waals surface area contributed by atoms with Crippen molar-refractivity contribution in [3.63, 3.8) is 0 Å². The van der Waals surface area contributed by atoms with E-state index in [1.807, 2.05) is 26.0 Å². The molecule has 3 aromatic rings. The molecule has 23 heavy (non-hydrogen) atoms. The number of hydrogen-bond donors (Lipinski definition) is 1. The number of rotatable bonds is 4.